The first-order valence-corrected chi connectivity index (χ1v) is 7.38. The Morgan fingerprint density at radius 2 is 2.28 bits per heavy atom. The van der Waals surface area contributed by atoms with Crippen LogP contribution < -0.4 is 5.73 Å². The standard InChI is InChI=1S/C15H27N3/c1-4-13-7-5-6-9-15(13,16)11-14-8-10-18(17-14)12(2)3/h8,10,12-13H,4-7,9,11,16H2,1-3H3. The largest absolute Gasteiger partial charge is 0.324 e. The molecule has 2 unspecified atom stereocenters. The van der Waals surface area contributed by atoms with Crippen LogP contribution in [0.25, 0.3) is 0 Å². The fraction of sp³-hybridized carbons (Fsp3) is 0.800. The van der Waals surface area contributed by atoms with Gasteiger partial charge in [-0.1, -0.05) is 26.2 Å². The van der Waals surface area contributed by atoms with Crippen LogP contribution in [0.4, 0.5) is 0 Å². The molecule has 3 nitrogen and oxygen atoms in total. The quantitative estimate of drug-likeness (QED) is 0.889. The van der Waals surface area contributed by atoms with Crippen molar-refractivity contribution in [3.63, 3.8) is 0 Å². The molecule has 0 radical (unpaired) electrons. The molecule has 0 saturated heterocycles. The average molecular weight is 249 g/mol. The van der Waals surface area contributed by atoms with E-state index in [0.29, 0.717) is 12.0 Å². The maximum atomic E-state index is 6.68. The minimum Gasteiger partial charge on any atom is -0.324 e. The van der Waals surface area contributed by atoms with E-state index >= 15 is 0 Å². The van der Waals surface area contributed by atoms with Crippen LogP contribution in [0, 0.1) is 5.92 Å². The van der Waals surface area contributed by atoms with E-state index in [-0.39, 0.29) is 5.54 Å². The molecule has 1 aliphatic rings. The van der Waals surface area contributed by atoms with Gasteiger partial charge in [0.25, 0.3) is 0 Å². The highest BCUT2D eigenvalue weighted by molar-refractivity contribution is 5.08. The topological polar surface area (TPSA) is 43.8 Å². The van der Waals surface area contributed by atoms with Gasteiger partial charge in [0.05, 0.1) is 5.69 Å². The second kappa shape index (κ2) is 5.43. The summed E-state index contributed by atoms with van der Waals surface area (Å²) in [7, 11) is 0. The maximum Gasteiger partial charge on any atom is 0.0643 e. The fourth-order valence-electron chi connectivity index (χ4n) is 3.28. The molecular weight excluding hydrogens is 222 g/mol. The Labute approximate surface area is 111 Å². The van der Waals surface area contributed by atoms with Gasteiger partial charge in [0.15, 0.2) is 0 Å². The summed E-state index contributed by atoms with van der Waals surface area (Å²) >= 11 is 0. The molecule has 1 heterocycles. The first-order chi connectivity index (χ1) is 8.55. The van der Waals surface area contributed by atoms with Crippen LogP contribution >= 0.6 is 0 Å². The Kier molecular flexibility index (Phi) is 4.10. The molecule has 0 amide bonds. The van der Waals surface area contributed by atoms with Crippen molar-refractivity contribution in [3.8, 4) is 0 Å². The van der Waals surface area contributed by atoms with Gasteiger partial charge in [-0.25, -0.2) is 0 Å². The summed E-state index contributed by atoms with van der Waals surface area (Å²) in [6, 6.07) is 2.57. The average Bonchev–Trinajstić information content (AvgIpc) is 2.77. The van der Waals surface area contributed by atoms with Crippen LogP contribution in [0.5, 0.6) is 0 Å². The molecule has 1 aromatic rings. The summed E-state index contributed by atoms with van der Waals surface area (Å²) < 4.78 is 2.03. The Morgan fingerprint density at radius 3 is 2.89 bits per heavy atom. The number of nitrogens with zero attached hydrogens (tertiary/aromatic N) is 2. The predicted molar refractivity (Wildman–Crippen MR) is 75.5 cm³/mol. The molecule has 0 aromatic carbocycles. The van der Waals surface area contributed by atoms with E-state index < -0.39 is 0 Å². The number of aromatic nitrogens is 2. The zero-order valence-corrected chi connectivity index (χ0v) is 12.0. The highest BCUT2D eigenvalue weighted by Crippen LogP contribution is 2.36. The van der Waals surface area contributed by atoms with Crippen LogP contribution in [-0.2, 0) is 6.42 Å². The molecular formula is C15H27N3. The van der Waals surface area contributed by atoms with Gasteiger partial charge in [0.1, 0.15) is 0 Å². The lowest BCUT2D eigenvalue weighted by Gasteiger charge is -2.40. The smallest absolute Gasteiger partial charge is 0.0643 e. The molecule has 1 aliphatic carbocycles. The van der Waals surface area contributed by atoms with Gasteiger partial charge in [0, 0.05) is 24.2 Å². The van der Waals surface area contributed by atoms with E-state index in [1.54, 1.807) is 0 Å². The van der Waals surface area contributed by atoms with Crippen molar-refractivity contribution in [2.45, 2.75) is 70.9 Å². The van der Waals surface area contributed by atoms with Crippen molar-refractivity contribution in [2.24, 2.45) is 11.7 Å². The molecule has 2 N–H and O–H groups in total. The highest BCUT2D eigenvalue weighted by Gasteiger charge is 2.36. The van der Waals surface area contributed by atoms with Crippen molar-refractivity contribution >= 4 is 0 Å². The molecule has 0 bridgehead atoms. The van der Waals surface area contributed by atoms with E-state index in [9.17, 15) is 0 Å². The zero-order valence-electron chi connectivity index (χ0n) is 12.0. The van der Waals surface area contributed by atoms with Crippen LogP contribution in [0.3, 0.4) is 0 Å². The SMILES string of the molecule is CCC1CCCCC1(N)Cc1ccn(C(C)C)n1. The molecule has 18 heavy (non-hydrogen) atoms. The molecule has 0 spiro atoms. The summed E-state index contributed by atoms with van der Waals surface area (Å²) in [6.45, 7) is 6.58. The molecule has 2 atom stereocenters. The van der Waals surface area contributed by atoms with Crippen LogP contribution in [0.1, 0.15) is 64.6 Å². The summed E-state index contributed by atoms with van der Waals surface area (Å²) in [5, 5.41) is 4.65. The van der Waals surface area contributed by atoms with Gasteiger partial charge >= 0.3 is 0 Å². The third-order valence-corrected chi connectivity index (χ3v) is 4.45. The zero-order chi connectivity index (χ0) is 13.2. The molecule has 1 aromatic heterocycles. The Bertz CT molecular complexity index is 383. The van der Waals surface area contributed by atoms with Crippen molar-refractivity contribution < 1.29 is 0 Å². The van der Waals surface area contributed by atoms with Gasteiger partial charge in [-0.3, -0.25) is 4.68 Å². The van der Waals surface area contributed by atoms with Crippen LogP contribution in [-0.4, -0.2) is 15.3 Å². The summed E-state index contributed by atoms with van der Waals surface area (Å²) in [4.78, 5) is 0. The van der Waals surface area contributed by atoms with Gasteiger partial charge in [0.2, 0.25) is 0 Å². The van der Waals surface area contributed by atoms with Crippen molar-refractivity contribution in [3.05, 3.63) is 18.0 Å². The summed E-state index contributed by atoms with van der Waals surface area (Å²) in [5.41, 5.74) is 7.82. The number of hydrogen-bond donors (Lipinski definition) is 1. The Balaban J connectivity index is 2.10. The lowest BCUT2D eigenvalue weighted by atomic mass is 9.70. The molecule has 1 fully saturated rings. The number of rotatable bonds is 4. The predicted octanol–water partition coefficient (Wildman–Crippen LogP) is 3.30. The monoisotopic (exact) mass is 249 g/mol. The van der Waals surface area contributed by atoms with Gasteiger partial charge in [-0.05, 0) is 38.7 Å². The lowest BCUT2D eigenvalue weighted by molar-refractivity contribution is 0.180. The van der Waals surface area contributed by atoms with Gasteiger partial charge in [-0.2, -0.15) is 5.10 Å². The van der Waals surface area contributed by atoms with Crippen molar-refractivity contribution in [1.29, 1.82) is 0 Å². The molecule has 0 aliphatic heterocycles. The van der Waals surface area contributed by atoms with Crippen molar-refractivity contribution in [2.75, 3.05) is 0 Å². The van der Waals surface area contributed by atoms with Gasteiger partial charge < -0.3 is 5.73 Å². The second-order valence-corrected chi connectivity index (χ2v) is 6.14. The molecule has 102 valence electrons. The van der Waals surface area contributed by atoms with Crippen molar-refractivity contribution in [1.82, 2.24) is 9.78 Å². The number of nitrogens with two attached hydrogens (primary N) is 1. The normalized spacial score (nSPS) is 28.8. The molecule has 1 saturated carbocycles. The van der Waals surface area contributed by atoms with E-state index in [0.717, 1.165) is 18.5 Å². The maximum absolute atomic E-state index is 6.68. The van der Waals surface area contributed by atoms with E-state index in [1.165, 1.54) is 25.7 Å². The van der Waals surface area contributed by atoms with Crippen LogP contribution in [0.2, 0.25) is 0 Å². The minimum atomic E-state index is -0.0246. The second-order valence-electron chi connectivity index (χ2n) is 6.14. The summed E-state index contributed by atoms with van der Waals surface area (Å²) in [6.07, 6.45) is 9.27. The van der Waals surface area contributed by atoms with E-state index in [4.69, 9.17) is 5.73 Å². The van der Waals surface area contributed by atoms with E-state index in [1.807, 2.05) is 4.68 Å². The number of hydrogen-bond acceptors (Lipinski definition) is 2. The summed E-state index contributed by atoms with van der Waals surface area (Å²) in [5.74, 6) is 0.662. The molecule has 3 heteroatoms. The third kappa shape index (κ3) is 2.77. The minimum absolute atomic E-state index is 0.0246. The first kappa shape index (κ1) is 13.6. The van der Waals surface area contributed by atoms with Crippen LogP contribution in [0.15, 0.2) is 12.3 Å². The van der Waals surface area contributed by atoms with E-state index in [2.05, 4.69) is 38.1 Å². The fourth-order valence-corrected chi connectivity index (χ4v) is 3.28. The first-order valence-electron chi connectivity index (χ1n) is 7.38. The lowest BCUT2D eigenvalue weighted by Crippen LogP contribution is -2.51. The Morgan fingerprint density at radius 1 is 1.50 bits per heavy atom. The van der Waals surface area contributed by atoms with Gasteiger partial charge in [-0.15, -0.1) is 0 Å². The highest BCUT2D eigenvalue weighted by atomic mass is 15.3. The molecule has 2 rings (SSSR count). The Hall–Kier alpha value is -0.830. The third-order valence-electron chi connectivity index (χ3n) is 4.45.